The Balaban J connectivity index is 1.83. The maximum absolute atomic E-state index is 10.9. The van der Waals surface area contributed by atoms with E-state index in [2.05, 4.69) is 5.01 Å². The quantitative estimate of drug-likeness (QED) is 0.724. The third kappa shape index (κ3) is 2.00. The Hall–Kier alpha value is 0.120. The molecule has 4 nitrogen and oxygen atoms in total. The van der Waals surface area contributed by atoms with Crippen LogP contribution in [0.2, 0.25) is 0 Å². The summed E-state index contributed by atoms with van der Waals surface area (Å²) in [4.78, 5) is 0. The minimum absolute atomic E-state index is 0.256. The molecule has 2 heterocycles. The predicted octanol–water partition coefficient (Wildman–Crippen LogP) is 1.20. The van der Waals surface area contributed by atoms with Crippen molar-refractivity contribution < 1.29 is 9.84 Å². The van der Waals surface area contributed by atoms with Gasteiger partial charge < -0.3 is 9.84 Å². The maximum atomic E-state index is 10.9. The second kappa shape index (κ2) is 4.66. The van der Waals surface area contributed by atoms with Gasteiger partial charge in [0.05, 0.1) is 18.5 Å². The summed E-state index contributed by atoms with van der Waals surface area (Å²) in [5.74, 6) is 0. The molecule has 0 unspecified atom stereocenters. The Morgan fingerprint density at radius 1 is 1.35 bits per heavy atom. The second-order valence-electron chi connectivity index (χ2n) is 4.87. The SMILES string of the molecule is O[C@@]12CCCC[C@@H]1SC(=S)N2N1CCOCC1. The van der Waals surface area contributed by atoms with Gasteiger partial charge in [0, 0.05) is 13.1 Å². The maximum Gasteiger partial charge on any atom is 0.165 e. The molecule has 3 aliphatic rings. The number of hydrazine groups is 1. The molecule has 0 aromatic carbocycles. The van der Waals surface area contributed by atoms with Crippen LogP contribution in [0.5, 0.6) is 0 Å². The molecule has 6 heteroatoms. The topological polar surface area (TPSA) is 35.9 Å². The third-order valence-electron chi connectivity index (χ3n) is 3.83. The normalized spacial score (nSPS) is 39.5. The lowest BCUT2D eigenvalue weighted by atomic mass is 9.91. The molecule has 3 rings (SSSR count). The van der Waals surface area contributed by atoms with E-state index in [9.17, 15) is 5.11 Å². The fraction of sp³-hybridized carbons (Fsp3) is 0.909. The molecule has 0 amide bonds. The first-order valence-electron chi connectivity index (χ1n) is 6.28. The second-order valence-corrected chi connectivity index (χ2v) is 6.71. The summed E-state index contributed by atoms with van der Waals surface area (Å²) >= 11 is 7.13. The van der Waals surface area contributed by atoms with Crippen molar-refractivity contribution in [3.05, 3.63) is 0 Å². The number of rotatable bonds is 1. The highest BCUT2D eigenvalue weighted by molar-refractivity contribution is 8.23. The third-order valence-corrected chi connectivity index (χ3v) is 5.56. The van der Waals surface area contributed by atoms with Gasteiger partial charge in [0.15, 0.2) is 10.0 Å². The van der Waals surface area contributed by atoms with E-state index in [4.69, 9.17) is 17.0 Å². The largest absolute Gasteiger partial charge is 0.379 e. The van der Waals surface area contributed by atoms with E-state index >= 15 is 0 Å². The van der Waals surface area contributed by atoms with Crippen LogP contribution in [0.4, 0.5) is 0 Å². The summed E-state index contributed by atoms with van der Waals surface area (Å²) in [7, 11) is 0. The molecule has 0 bridgehead atoms. The zero-order valence-corrected chi connectivity index (χ0v) is 11.4. The van der Waals surface area contributed by atoms with Crippen LogP contribution in [-0.4, -0.2) is 56.7 Å². The first kappa shape index (κ1) is 12.2. The van der Waals surface area contributed by atoms with Crippen LogP contribution in [-0.2, 0) is 4.74 Å². The van der Waals surface area contributed by atoms with Crippen molar-refractivity contribution in [1.82, 2.24) is 10.0 Å². The van der Waals surface area contributed by atoms with Crippen LogP contribution in [0.15, 0.2) is 0 Å². The number of hydrogen-bond acceptors (Lipinski definition) is 5. The predicted molar refractivity (Wildman–Crippen MR) is 71.6 cm³/mol. The number of aliphatic hydroxyl groups is 1. The van der Waals surface area contributed by atoms with E-state index in [1.165, 1.54) is 6.42 Å². The fourth-order valence-corrected chi connectivity index (χ4v) is 4.88. The Morgan fingerprint density at radius 2 is 2.12 bits per heavy atom. The van der Waals surface area contributed by atoms with E-state index in [-0.39, 0.29) is 5.25 Å². The average Bonchev–Trinajstić information content (AvgIpc) is 2.60. The minimum atomic E-state index is -0.739. The molecule has 2 aliphatic heterocycles. The number of ether oxygens (including phenoxy) is 1. The summed E-state index contributed by atoms with van der Waals surface area (Å²) in [6, 6.07) is 0. The van der Waals surface area contributed by atoms with E-state index in [1.54, 1.807) is 11.8 Å². The summed E-state index contributed by atoms with van der Waals surface area (Å²) < 4.78 is 6.20. The molecule has 1 N–H and O–H groups in total. The van der Waals surface area contributed by atoms with Crippen LogP contribution < -0.4 is 0 Å². The van der Waals surface area contributed by atoms with Gasteiger partial charge in [-0.15, -0.1) is 0 Å². The van der Waals surface area contributed by atoms with Gasteiger partial charge in [0.2, 0.25) is 0 Å². The van der Waals surface area contributed by atoms with Gasteiger partial charge in [-0.05, 0) is 19.3 Å². The Kier molecular flexibility index (Phi) is 3.34. The number of thioether (sulfide) groups is 1. The molecule has 0 aromatic rings. The van der Waals surface area contributed by atoms with Crippen molar-refractivity contribution in [3.63, 3.8) is 0 Å². The van der Waals surface area contributed by atoms with Crippen LogP contribution >= 0.6 is 24.0 Å². The molecule has 2 saturated heterocycles. The fourth-order valence-electron chi connectivity index (χ4n) is 2.95. The Labute approximate surface area is 111 Å². The highest BCUT2D eigenvalue weighted by Gasteiger charge is 2.53. The average molecular weight is 274 g/mol. The lowest BCUT2D eigenvalue weighted by Gasteiger charge is -2.46. The summed E-state index contributed by atoms with van der Waals surface area (Å²) in [5.41, 5.74) is -0.739. The number of hydrogen-bond donors (Lipinski definition) is 1. The van der Waals surface area contributed by atoms with Gasteiger partial charge in [0.1, 0.15) is 0 Å². The first-order chi connectivity index (χ1) is 8.22. The van der Waals surface area contributed by atoms with Gasteiger partial charge >= 0.3 is 0 Å². The van der Waals surface area contributed by atoms with Gasteiger partial charge in [-0.2, -0.15) is 0 Å². The van der Waals surface area contributed by atoms with Crippen molar-refractivity contribution in [2.24, 2.45) is 0 Å². The number of nitrogens with zero attached hydrogens (tertiary/aromatic N) is 2. The van der Waals surface area contributed by atoms with Gasteiger partial charge in [-0.3, -0.25) is 5.01 Å². The zero-order chi connectivity index (χ0) is 11.9. The van der Waals surface area contributed by atoms with Gasteiger partial charge in [-0.25, -0.2) is 5.01 Å². The lowest BCUT2D eigenvalue weighted by molar-refractivity contribution is -0.189. The lowest BCUT2D eigenvalue weighted by Crippen LogP contribution is -2.61. The number of fused-ring (bicyclic) bond motifs is 1. The summed E-state index contributed by atoms with van der Waals surface area (Å²) in [6.45, 7) is 3.11. The molecule has 96 valence electrons. The Bertz CT molecular complexity index is 323. The van der Waals surface area contributed by atoms with Crippen molar-refractivity contribution in [1.29, 1.82) is 0 Å². The highest BCUT2D eigenvalue weighted by atomic mass is 32.2. The van der Waals surface area contributed by atoms with Gasteiger partial charge in [0.25, 0.3) is 0 Å². The summed E-state index contributed by atoms with van der Waals surface area (Å²) in [5, 5.41) is 15.3. The van der Waals surface area contributed by atoms with Crippen molar-refractivity contribution >= 4 is 28.3 Å². The van der Waals surface area contributed by atoms with Crippen LogP contribution in [0.25, 0.3) is 0 Å². The monoisotopic (exact) mass is 274 g/mol. The van der Waals surface area contributed by atoms with Crippen LogP contribution in [0.1, 0.15) is 25.7 Å². The van der Waals surface area contributed by atoms with E-state index in [0.29, 0.717) is 0 Å². The molecule has 3 fully saturated rings. The molecule has 1 saturated carbocycles. The minimum Gasteiger partial charge on any atom is -0.379 e. The number of thiocarbonyl (C=S) groups is 1. The standard InChI is InChI=1S/C11H18N2O2S2/c14-11-4-2-1-3-9(11)17-10(16)13(11)12-5-7-15-8-6-12/h9,14H,1-8H2/t9-,11-/m0/s1. The first-order valence-corrected chi connectivity index (χ1v) is 7.56. The van der Waals surface area contributed by atoms with Gasteiger partial charge in [-0.1, -0.05) is 30.4 Å². The summed E-state index contributed by atoms with van der Waals surface area (Å²) in [6.07, 6.45) is 4.21. The van der Waals surface area contributed by atoms with Crippen LogP contribution in [0.3, 0.4) is 0 Å². The van der Waals surface area contributed by atoms with Crippen molar-refractivity contribution in [2.45, 2.75) is 36.7 Å². The van der Waals surface area contributed by atoms with E-state index in [0.717, 1.165) is 49.9 Å². The molecule has 2 atom stereocenters. The molecular weight excluding hydrogens is 256 g/mol. The molecule has 17 heavy (non-hydrogen) atoms. The molecule has 0 radical (unpaired) electrons. The van der Waals surface area contributed by atoms with Crippen molar-refractivity contribution in [3.8, 4) is 0 Å². The molecule has 0 aromatic heterocycles. The number of morpholine rings is 1. The van der Waals surface area contributed by atoms with E-state index in [1.807, 2.05) is 5.01 Å². The molecule has 0 spiro atoms. The molecular formula is C11H18N2O2S2. The zero-order valence-electron chi connectivity index (χ0n) is 9.80. The van der Waals surface area contributed by atoms with Crippen molar-refractivity contribution in [2.75, 3.05) is 26.3 Å². The van der Waals surface area contributed by atoms with Crippen LogP contribution in [0, 0.1) is 0 Å². The molecule has 1 aliphatic carbocycles. The van der Waals surface area contributed by atoms with E-state index < -0.39 is 5.72 Å². The smallest absolute Gasteiger partial charge is 0.165 e. The highest BCUT2D eigenvalue weighted by Crippen LogP contribution is 2.47. The Morgan fingerprint density at radius 3 is 2.88 bits per heavy atom.